The Morgan fingerprint density at radius 1 is 0.425 bits per heavy atom. The molecule has 0 unspecified atom stereocenters. The summed E-state index contributed by atoms with van der Waals surface area (Å²) in [4.78, 5) is 7.32. The first-order valence-electron chi connectivity index (χ1n) is 28.7. The zero-order valence-corrected chi connectivity index (χ0v) is 48.4. The molecular formula is C77H68N2S. The predicted octanol–water partition coefficient (Wildman–Crippen LogP) is 21.7. The standard InChI is InChI=1S/C77H68N2S/c1-11-56-57-20-12-16-24-64(57)74(3,4)68(56)44-48(2)78(53-36-39-61-58-21-13-17-25-65(58)75(5,6)69(61)45-53)51-32-28-49(29-33-51)72-42-43-73(80-72)50-30-34-52(35-31-50)79(54-37-40-62-59-22-14-18-26-66(59)76(7,8)70(62)46-54)55-38-41-63-60-23-15-19-27-67(60)77(9,10)71(63)47-55/h11,13-15,17-47H,2,12,16H2,1,3-10H3/b56-11-,68-44?. The molecule has 8 aromatic carbocycles. The van der Waals surface area contributed by atoms with Crippen molar-refractivity contribution in [2.75, 3.05) is 9.80 Å². The van der Waals surface area contributed by atoms with Crippen molar-refractivity contribution < 1.29 is 0 Å². The average Bonchev–Trinajstić information content (AvgIpc) is 4.41. The van der Waals surface area contributed by atoms with Gasteiger partial charge in [0.1, 0.15) is 0 Å². The van der Waals surface area contributed by atoms with Gasteiger partial charge >= 0.3 is 0 Å². The van der Waals surface area contributed by atoms with Crippen LogP contribution in [0.2, 0.25) is 0 Å². The predicted molar refractivity (Wildman–Crippen MR) is 341 cm³/mol. The molecule has 5 aliphatic carbocycles. The second kappa shape index (κ2) is 18.1. The first-order chi connectivity index (χ1) is 38.5. The van der Waals surface area contributed by atoms with Gasteiger partial charge in [-0.05, 0) is 199 Å². The van der Waals surface area contributed by atoms with Gasteiger partial charge in [-0.25, -0.2) is 0 Å². The van der Waals surface area contributed by atoms with Crippen molar-refractivity contribution >= 4 is 39.8 Å². The molecule has 0 atom stereocenters. The Hall–Kier alpha value is -8.24. The molecule has 5 aliphatic rings. The van der Waals surface area contributed by atoms with Gasteiger partial charge in [-0.3, -0.25) is 0 Å². The monoisotopic (exact) mass is 1050 g/mol. The fourth-order valence-corrected chi connectivity index (χ4v) is 15.6. The number of thiophene rings is 1. The minimum Gasteiger partial charge on any atom is -0.311 e. The van der Waals surface area contributed by atoms with Gasteiger partial charge in [0, 0.05) is 65.5 Å². The summed E-state index contributed by atoms with van der Waals surface area (Å²) in [5.41, 5.74) is 30.2. The Balaban J connectivity index is 0.800. The van der Waals surface area contributed by atoms with E-state index in [4.69, 9.17) is 6.58 Å². The molecule has 2 nitrogen and oxygen atoms in total. The summed E-state index contributed by atoms with van der Waals surface area (Å²) in [6, 6.07) is 71.0. The molecule has 1 fully saturated rings. The van der Waals surface area contributed by atoms with Crippen molar-refractivity contribution in [1.29, 1.82) is 0 Å². The molecule has 0 radical (unpaired) electrons. The first-order valence-corrected chi connectivity index (χ1v) is 29.5. The van der Waals surface area contributed by atoms with Crippen molar-refractivity contribution in [3.05, 3.63) is 280 Å². The van der Waals surface area contributed by atoms with Crippen molar-refractivity contribution in [2.45, 2.75) is 91.4 Å². The third kappa shape index (κ3) is 7.50. The van der Waals surface area contributed by atoms with Crippen LogP contribution in [0.25, 0.3) is 54.3 Å². The lowest BCUT2D eigenvalue weighted by Crippen LogP contribution is -2.19. The highest BCUT2D eigenvalue weighted by molar-refractivity contribution is 7.18. The van der Waals surface area contributed by atoms with E-state index in [2.05, 4.69) is 284 Å². The molecule has 0 amide bonds. The van der Waals surface area contributed by atoms with Gasteiger partial charge in [-0.15, -0.1) is 11.3 Å². The van der Waals surface area contributed by atoms with E-state index in [0.717, 1.165) is 47.0 Å². The third-order valence-electron chi connectivity index (χ3n) is 18.9. The fraction of sp³-hybridized carbons (Fsp3) is 0.195. The molecule has 0 saturated heterocycles. The topological polar surface area (TPSA) is 6.48 Å². The average molecular weight is 1050 g/mol. The first kappa shape index (κ1) is 50.0. The quantitative estimate of drug-likeness (QED) is 0.142. The number of allylic oxidation sites excluding steroid dienone is 8. The summed E-state index contributed by atoms with van der Waals surface area (Å²) in [5, 5.41) is 0. The minimum atomic E-state index is -0.134. The van der Waals surface area contributed by atoms with Crippen LogP contribution >= 0.6 is 11.3 Å². The maximum atomic E-state index is 4.90. The number of anilines is 5. The summed E-state index contributed by atoms with van der Waals surface area (Å²) in [6.45, 7) is 26.1. The highest BCUT2D eigenvalue weighted by Crippen LogP contribution is 2.57. The van der Waals surface area contributed by atoms with E-state index in [1.165, 1.54) is 110 Å². The van der Waals surface area contributed by atoms with Crippen molar-refractivity contribution in [3.63, 3.8) is 0 Å². The van der Waals surface area contributed by atoms with Crippen molar-refractivity contribution in [2.24, 2.45) is 5.41 Å². The number of hydrogen-bond donors (Lipinski definition) is 0. The van der Waals surface area contributed by atoms with Gasteiger partial charge in [0.25, 0.3) is 0 Å². The molecule has 3 heteroatoms. The normalized spacial score (nSPS) is 17.9. The molecule has 9 aromatic rings. The maximum absolute atomic E-state index is 4.90. The molecule has 392 valence electrons. The smallest absolute Gasteiger partial charge is 0.0465 e. The summed E-state index contributed by atoms with van der Waals surface area (Å²) in [6.07, 6.45) is 11.7. The van der Waals surface area contributed by atoms with E-state index in [0.29, 0.717) is 0 Å². The zero-order chi connectivity index (χ0) is 55.0. The molecule has 1 saturated carbocycles. The number of fused-ring (bicyclic) bond motifs is 10. The lowest BCUT2D eigenvalue weighted by molar-refractivity contribution is 0.577. The lowest BCUT2D eigenvalue weighted by Gasteiger charge is -2.30. The van der Waals surface area contributed by atoms with Crippen LogP contribution in [0.4, 0.5) is 28.4 Å². The largest absolute Gasteiger partial charge is 0.311 e. The third-order valence-corrected chi connectivity index (χ3v) is 20.1. The highest BCUT2D eigenvalue weighted by atomic mass is 32.1. The lowest BCUT2D eigenvalue weighted by atomic mass is 9.80. The Bertz CT molecular complexity index is 4090. The molecule has 1 heterocycles. The van der Waals surface area contributed by atoms with E-state index >= 15 is 0 Å². The van der Waals surface area contributed by atoms with Gasteiger partial charge in [0.15, 0.2) is 0 Å². The second-order valence-corrected chi connectivity index (χ2v) is 25.9. The van der Waals surface area contributed by atoms with Crippen LogP contribution in [0, 0.1) is 5.41 Å². The van der Waals surface area contributed by atoms with E-state index < -0.39 is 0 Å². The summed E-state index contributed by atoms with van der Waals surface area (Å²) in [7, 11) is 0. The second-order valence-electron chi connectivity index (χ2n) is 24.8. The van der Waals surface area contributed by atoms with Crippen LogP contribution in [0.5, 0.6) is 0 Å². The molecule has 14 rings (SSSR count). The van der Waals surface area contributed by atoms with E-state index in [1.807, 2.05) is 11.3 Å². The van der Waals surface area contributed by atoms with Crippen LogP contribution in [-0.2, 0) is 16.2 Å². The Kier molecular flexibility index (Phi) is 11.3. The Labute approximate surface area is 478 Å². The van der Waals surface area contributed by atoms with Crippen molar-refractivity contribution in [3.8, 4) is 54.3 Å². The number of nitrogens with zero attached hydrogens (tertiary/aromatic N) is 2. The van der Waals surface area contributed by atoms with E-state index in [-0.39, 0.29) is 21.7 Å². The molecule has 0 spiro atoms. The summed E-state index contributed by atoms with van der Waals surface area (Å²) < 4.78 is 0. The van der Waals surface area contributed by atoms with Crippen LogP contribution in [0.1, 0.15) is 109 Å². The molecule has 0 N–H and O–H groups in total. The zero-order valence-electron chi connectivity index (χ0n) is 47.6. The molecular weight excluding hydrogens is 985 g/mol. The number of hydrogen-bond acceptors (Lipinski definition) is 3. The summed E-state index contributed by atoms with van der Waals surface area (Å²) >= 11 is 1.85. The van der Waals surface area contributed by atoms with Gasteiger partial charge in [0.2, 0.25) is 0 Å². The van der Waals surface area contributed by atoms with Crippen LogP contribution in [0.15, 0.2) is 247 Å². The van der Waals surface area contributed by atoms with Gasteiger partial charge in [0.05, 0.1) is 0 Å². The van der Waals surface area contributed by atoms with Gasteiger partial charge in [-0.1, -0.05) is 195 Å². The molecule has 1 aromatic heterocycles. The van der Waals surface area contributed by atoms with Crippen molar-refractivity contribution in [1.82, 2.24) is 0 Å². The number of benzene rings is 8. The van der Waals surface area contributed by atoms with Crippen LogP contribution in [0.3, 0.4) is 0 Å². The molecule has 0 bridgehead atoms. The SMILES string of the molecule is C=C(C=C1/C(=C\C)C2=CCCC=C2C1(C)C)N(c1ccc(-c2ccc(-c3ccc(N(c4ccc5c(c4)C(C)(C)c4ccccc4-5)c4ccc5c(c4)C(C)(C)c4ccccc4-5)cc3)s2)cc1)c1ccc2c(c1)C(C)(C)c1ccccc1-2. The maximum Gasteiger partial charge on any atom is 0.0465 e. The molecule has 0 aliphatic heterocycles. The van der Waals surface area contributed by atoms with E-state index in [9.17, 15) is 0 Å². The van der Waals surface area contributed by atoms with Crippen LogP contribution < -0.4 is 9.80 Å². The highest BCUT2D eigenvalue weighted by Gasteiger charge is 2.42. The van der Waals surface area contributed by atoms with Gasteiger partial charge < -0.3 is 9.80 Å². The van der Waals surface area contributed by atoms with E-state index in [1.54, 1.807) is 0 Å². The number of rotatable bonds is 9. The van der Waals surface area contributed by atoms with Crippen LogP contribution in [-0.4, -0.2) is 0 Å². The minimum absolute atomic E-state index is 0.117. The molecule has 80 heavy (non-hydrogen) atoms. The Morgan fingerprint density at radius 2 is 0.825 bits per heavy atom. The Morgan fingerprint density at radius 3 is 1.30 bits per heavy atom. The fourth-order valence-electron chi connectivity index (χ4n) is 14.6. The van der Waals surface area contributed by atoms with Gasteiger partial charge in [-0.2, -0.15) is 0 Å². The summed E-state index contributed by atoms with van der Waals surface area (Å²) in [5.74, 6) is 0.